The lowest BCUT2D eigenvalue weighted by Gasteiger charge is -2.24. The SMILES string of the molecule is OCCCC1CCCN1Cc1cn[nH]c1-c1cccnc1. The molecule has 2 N–H and O–H groups in total. The summed E-state index contributed by atoms with van der Waals surface area (Å²) >= 11 is 0. The molecule has 1 aliphatic rings. The number of nitrogens with zero attached hydrogens (tertiary/aromatic N) is 3. The molecule has 0 radical (unpaired) electrons. The Bertz CT molecular complexity index is 554. The lowest BCUT2D eigenvalue weighted by molar-refractivity contribution is 0.210. The van der Waals surface area contributed by atoms with Crippen LogP contribution in [0.5, 0.6) is 0 Å². The maximum Gasteiger partial charge on any atom is 0.0710 e. The summed E-state index contributed by atoms with van der Waals surface area (Å²) in [4.78, 5) is 6.69. The van der Waals surface area contributed by atoms with Crippen molar-refractivity contribution in [3.8, 4) is 11.3 Å². The minimum Gasteiger partial charge on any atom is -0.396 e. The lowest BCUT2D eigenvalue weighted by atomic mass is 10.1. The van der Waals surface area contributed by atoms with E-state index in [-0.39, 0.29) is 6.61 Å². The van der Waals surface area contributed by atoms with Crippen LogP contribution in [0.2, 0.25) is 0 Å². The van der Waals surface area contributed by atoms with Gasteiger partial charge in [0.2, 0.25) is 0 Å². The van der Waals surface area contributed by atoms with Crippen molar-refractivity contribution >= 4 is 0 Å². The number of aliphatic hydroxyl groups is 1. The van der Waals surface area contributed by atoms with E-state index in [1.54, 1.807) is 6.20 Å². The molecule has 1 fully saturated rings. The van der Waals surface area contributed by atoms with Crippen molar-refractivity contribution in [2.24, 2.45) is 0 Å². The summed E-state index contributed by atoms with van der Waals surface area (Å²) in [6, 6.07) is 4.59. The molecular formula is C16H22N4O. The predicted octanol–water partition coefficient (Wildman–Crippen LogP) is 2.21. The Balaban J connectivity index is 1.72. The first-order chi connectivity index (χ1) is 10.4. The molecule has 112 valence electrons. The number of aromatic nitrogens is 3. The Morgan fingerprint density at radius 2 is 2.33 bits per heavy atom. The molecule has 0 spiro atoms. The van der Waals surface area contributed by atoms with Crippen molar-refractivity contribution < 1.29 is 5.11 Å². The number of hydrogen-bond acceptors (Lipinski definition) is 4. The molecule has 1 atom stereocenters. The van der Waals surface area contributed by atoms with Crippen LogP contribution in [0.3, 0.4) is 0 Å². The summed E-state index contributed by atoms with van der Waals surface area (Å²) < 4.78 is 0. The summed E-state index contributed by atoms with van der Waals surface area (Å²) in [5.41, 5.74) is 3.37. The molecule has 3 heterocycles. The molecule has 1 saturated heterocycles. The zero-order valence-electron chi connectivity index (χ0n) is 12.2. The average Bonchev–Trinajstić information content (AvgIpc) is 3.16. The number of H-pyrrole nitrogens is 1. The molecule has 5 heteroatoms. The highest BCUT2D eigenvalue weighted by atomic mass is 16.2. The Labute approximate surface area is 125 Å². The van der Waals surface area contributed by atoms with Crippen molar-refractivity contribution in [3.05, 3.63) is 36.3 Å². The third-order valence-corrected chi connectivity index (χ3v) is 4.24. The van der Waals surface area contributed by atoms with Gasteiger partial charge in [-0.25, -0.2) is 0 Å². The van der Waals surface area contributed by atoms with Gasteiger partial charge in [-0.2, -0.15) is 5.10 Å². The minimum absolute atomic E-state index is 0.289. The fourth-order valence-electron chi connectivity index (χ4n) is 3.17. The first-order valence-electron chi connectivity index (χ1n) is 7.66. The van der Waals surface area contributed by atoms with Crippen molar-refractivity contribution in [1.29, 1.82) is 0 Å². The van der Waals surface area contributed by atoms with Gasteiger partial charge in [0.05, 0.1) is 11.9 Å². The zero-order valence-corrected chi connectivity index (χ0v) is 12.2. The molecule has 0 aromatic carbocycles. The molecule has 0 amide bonds. The predicted molar refractivity (Wildman–Crippen MR) is 81.6 cm³/mol. The highest BCUT2D eigenvalue weighted by Gasteiger charge is 2.25. The van der Waals surface area contributed by atoms with E-state index in [0.717, 1.165) is 37.2 Å². The van der Waals surface area contributed by atoms with Crippen LogP contribution in [0.1, 0.15) is 31.2 Å². The van der Waals surface area contributed by atoms with Gasteiger partial charge in [0.15, 0.2) is 0 Å². The van der Waals surface area contributed by atoms with Crippen LogP contribution in [0, 0.1) is 0 Å². The van der Waals surface area contributed by atoms with Gasteiger partial charge in [-0.05, 0) is 44.4 Å². The molecule has 21 heavy (non-hydrogen) atoms. The molecule has 1 aliphatic heterocycles. The second kappa shape index (κ2) is 6.83. The first-order valence-corrected chi connectivity index (χ1v) is 7.66. The second-order valence-electron chi connectivity index (χ2n) is 5.64. The maximum atomic E-state index is 9.02. The normalized spacial score (nSPS) is 19.2. The molecule has 5 nitrogen and oxygen atoms in total. The molecule has 1 unspecified atom stereocenters. The Morgan fingerprint density at radius 1 is 1.38 bits per heavy atom. The molecule has 0 saturated carbocycles. The quantitative estimate of drug-likeness (QED) is 0.854. The second-order valence-corrected chi connectivity index (χ2v) is 5.64. The van der Waals surface area contributed by atoms with E-state index in [2.05, 4.69) is 26.1 Å². The van der Waals surface area contributed by atoms with E-state index >= 15 is 0 Å². The number of pyridine rings is 1. The van der Waals surface area contributed by atoms with Crippen LogP contribution in [0.4, 0.5) is 0 Å². The van der Waals surface area contributed by atoms with E-state index in [9.17, 15) is 0 Å². The van der Waals surface area contributed by atoms with Gasteiger partial charge < -0.3 is 5.11 Å². The summed E-state index contributed by atoms with van der Waals surface area (Å²) in [6.07, 6.45) is 10.0. The number of likely N-dealkylation sites (tertiary alicyclic amines) is 1. The van der Waals surface area contributed by atoms with Crippen LogP contribution >= 0.6 is 0 Å². The number of rotatable bonds is 6. The Hall–Kier alpha value is -1.72. The standard InChI is InChI=1S/C16H22N4O/c21-9-3-6-15-5-2-8-20(15)12-14-11-18-19-16(14)13-4-1-7-17-10-13/h1,4,7,10-11,15,21H,2-3,5-6,8-9,12H2,(H,18,19). The van der Waals surface area contributed by atoms with Gasteiger partial charge in [-0.1, -0.05) is 0 Å². The summed E-state index contributed by atoms with van der Waals surface area (Å²) in [6.45, 7) is 2.33. The number of aliphatic hydroxyl groups excluding tert-OH is 1. The number of aromatic amines is 1. The van der Waals surface area contributed by atoms with Crippen LogP contribution in [-0.2, 0) is 6.54 Å². The average molecular weight is 286 g/mol. The maximum absolute atomic E-state index is 9.02. The van der Waals surface area contributed by atoms with Crippen molar-refractivity contribution in [2.45, 2.75) is 38.3 Å². The van der Waals surface area contributed by atoms with Gasteiger partial charge in [0.1, 0.15) is 0 Å². The fourth-order valence-corrected chi connectivity index (χ4v) is 3.17. The third kappa shape index (κ3) is 3.31. The molecule has 2 aromatic rings. The van der Waals surface area contributed by atoms with E-state index < -0.39 is 0 Å². The summed E-state index contributed by atoms with van der Waals surface area (Å²) in [7, 11) is 0. The van der Waals surface area contributed by atoms with Crippen LogP contribution < -0.4 is 0 Å². The molecule has 2 aromatic heterocycles. The molecular weight excluding hydrogens is 264 g/mol. The van der Waals surface area contributed by atoms with Gasteiger partial charge in [-0.15, -0.1) is 0 Å². The van der Waals surface area contributed by atoms with Gasteiger partial charge in [0.25, 0.3) is 0 Å². The molecule has 0 aliphatic carbocycles. The minimum atomic E-state index is 0.289. The van der Waals surface area contributed by atoms with Gasteiger partial charge in [-0.3, -0.25) is 15.0 Å². The summed E-state index contributed by atoms with van der Waals surface area (Å²) in [5, 5.41) is 16.3. The van der Waals surface area contributed by atoms with Crippen molar-refractivity contribution in [3.63, 3.8) is 0 Å². The first kappa shape index (κ1) is 14.2. The smallest absolute Gasteiger partial charge is 0.0710 e. The van der Waals surface area contributed by atoms with E-state index in [1.165, 1.54) is 18.4 Å². The lowest BCUT2D eigenvalue weighted by Crippen LogP contribution is -2.29. The monoisotopic (exact) mass is 286 g/mol. The largest absolute Gasteiger partial charge is 0.396 e. The van der Waals surface area contributed by atoms with E-state index in [4.69, 9.17) is 5.11 Å². The number of hydrogen-bond donors (Lipinski definition) is 2. The van der Waals surface area contributed by atoms with Crippen LogP contribution in [-0.4, -0.2) is 44.4 Å². The highest BCUT2D eigenvalue weighted by molar-refractivity contribution is 5.61. The summed E-state index contributed by atoms with van der Waals surface area (Å²) in [5.74, 6) is 0. The molecule has 3 rings (SSSR count). The number of nitrogens with one attached hydrogen (secondary N) is 1. The van der Waals surface area contributed by atoms with Crippen LogP contribution in [0.25, 0.3) is 11.3 Å². The van der Waals surface area contributed by atoms with E-state index in [0.29, 0.717) is 6.04 Å². The Kier molecular flexibility index (Phi) is 4.62. The third-order valence-electron chi connectivity index (χ3n) is 4.24. The van der Waals surface area contributed by atoms with Gasteiger partial charge >= 0.3 is 0 Å². The molecule has 0 bridgehead atoms. The van der Waals surface area contributed by atoms with Gasteiger partial charge in [0, 0.05) is 42.7 Å². The fraction of sp³-hybridized carbons (Fsp3) is 0.500. The van der Waals surface area contributed by atoms with Crippen molar-refractivity contribution in [2.75, 3.05) is 13.2 Å². The topological polar surface area (TPSA) is 65.0 Å². The van der Waals surface area contributed by atoms with Crippen LogP contribution in [0.15, 0.2) is 30.7 Å². The zero-order chi connectivity index (χ0) is 14.5. The highest BCUT2D eigenvalue weighted by Crippen LogP contribution is 2.27. The van der Waals surface area contributed by atoms with E-state index in [1.807, 2.05) is 18.5 Å². The Morgan fingerprint density at radius 3 is 3.14 bits per heavy atom. The van der Waals surface area contributed by atoms with Crippen molar-refractivity contribution in [1.82, 2.24) is 20.1 Å².